The van der Waals surface area contributed by atoms with Gasteiger partial charge in [0.05, 0.1) is 25.2 Å². The molecule has 2 aliphatic rings. The fourth-order valence-corrected chi connectivity index (χ4v) is 3.58. The van der Waals surface area contributed by atoms with Gasteiger partial charge in [0, 0.05) is 23.1 Å². The third-order valence-corrected chi connectivity index (χ3v) is 4.91. The molecule has 22 heavy (non-hydrogen) atoms. The number of methoxy groups -OCH3 is 1. The molecule has 116 valence electrons. The first-order chi connectivity index (χ1) is 10.7. The Hall–Kier alpha value is -1.31. The lowest BCUT2D eigenvalue weighted by molar-refractivity contribution is -0.113. The number of halogens is 1. The van der Waals surface area contributed by atoms with Crippen LogP contribution in [-0.2, 0) is 9.53 Å². The van der Waals surface area contributed by atoms with Crippen LogP contribution in [0.15, 0.2) is 32.6 Å². The molecule has 7 heteroatoms. The molecule has 0 N–H and O–H groups in total. The average molecular weight is 383 g/mol. The van der Waals surface area contributed by atoms with Gasteiger partial charge < -0.3 is 14.4 Å². The van der Waals surface area contributed by atoms with Gasteiger partial charge in [0.2, 0.25) is 0 Å². The number of morpholine rings is 1. The first kappa shape index (κ1) is 15.6. The summed E-state index contributed by atoms with van der Waals surface area (Å²) in [6, 6.07) is 5.69. The zero-order chi connectivity index (χ0) is 15.5. The molecule has 1 fully saturated rings. The Morgan fingerprint density at radius 1 is 1.41 bits per heavy atom. The summed E-state index contributed by atoms with van der Waals surface area (Å²) in [6.07, 6.45) is 1.83. The number of hydrogen-bond donors (Lipinski definition) is 0. The van der Waals surface area contributed by atoms with Crippen molar-refractivity contribution in [2.24, 2.45) is 4.99 Å². The van der Waals surface area contributed by atoms with Crippen molar-refractivity contribution in [1.82, 2.24) is 4.90 Å². The Labute approximate surface area is 141 Å². The second kappa shape index (κ2) is 6.85. The molecular weight excluding hydrogens is 368 g/mol. The first-order valence-corrected chi connectivity index (χ1v) is 8.47. The molecule has 2 heterocycles. The van der Waals surface area contributed by atoms with Crippen molar-refractivity contribution in [3.05, 3.63) is 33.1 Å². The van der Waals surface area contributed by atoms with Crippen molar-refractivity contribution in [3.63, 3.8) is 0 Å². The number of carbonyl (C=O) groups excluding carboxylic acids is 1. The van der Waals surface area contributed by atoms with E-state index in [1.54, 1.807) is 7.11 Å². The largest absolute Gasteiger partial charge is 0.496 e. The highest BCUT2D eigenvalue weighted by Crippen LogP contribution is 2.33. The Balaban J connectivity index is 1.82. The highest BCUT2D eigenvalue weighted by atomic mass is 79.9. The summed E-state index contributed by atoms with van der Waals surface area (Å²) in [6.45, 7) is 2.89. The second-order valence-electron chi connectivity index (χ2n) is 4.80. The van der Waals surface area contributed by atoms with Crippen molar-refractivity contribution >= 4 is 44.8 Å². The van der Waals surface area contributed by atoms with Crippen LogP contribution in [0.5, 0.6) is 5.75 Å². The maximum atomic E-state index is 12.1. The van der Waals surface area contributed by atoms with E-state index in [4.69, 9.17) is 9.47 Å². The van der Waals surface area contributed by atoms with Gasteiger partial charge in [-0.3, -0.25) is 4.79 Å². The Morgan fingerprint density at radius 3 is 2.91 bits per heavy atom. The fraction of sp³-hybridized carbons (Fsp3) is 0.333. The molecule has 3 rings (SSSR count). The van der Waals surface area contributed by atoms with E-state index in [0.29, 0.717) is 18.1 Å². The van der Waals surface area contributed by atoms with Crippen LogP contribution in [0.2, 0.25) is 0 Å². The molecule has 0 aliphatic carbocycles. The number of benzene rings is 1. The molecule has 1 aromatic rings. The smallest absolute Gasteiger partial charge is 0.286 e. The highest BCUT2D eigenvalue weighted by Gasteiger charge is 2.27. The maximum absolute atomic E-state index is 12.1. The maximum Gasteiger partial charge on any atom is 0.286 e. The van der Waals surface area contributed by atoms with Gasteiger partial charge in [-0.2, -0.15) is 4.99 Å². The number of rotatable bonds is 2. The van der Waals surface area contributed by atoms with E-state index in [1.807, 2.05) is 24.3 Å². The quantitative estimate of drug-likeness (QED) is 0.736. The summed E-state index contributed by atoms with van der Waals surface area (Å²) in [7, 11) is 1.62. The lowest BCUT2D eigenvalue weighted by Gasteiger charge is -2.27. The summed E-state index contributed by atoms with van der Waals surface area (Å²) in [5.41, 5.74) is 0.853. The molecule has 5 nitrogen and oxygen atoms in total. The van der Waals surface area contributed by atoms with Gasteiger partial charge in [-0.1, -0.05) is 15.9 Å². The zero-order valence-electron chi connectivity index (χ0n) is 12.0. The molecule has 0 saturated carbocycles. The predicted octanol–water partition coefficient (Wildman–Crippen LogP) is 2.76. The van der Waals surface area contributed by atoms with E-state index in [-0.39, 0.29) is 5.91 Å². The summed E-state index contributed by atoms with van der Waals surface area (Å²) in [5.74, 6) is 0.525. The molecular formula is C15H15BrN2O3S. The van der Waals surface area contributed by atoms with Crippen LogP contribution in [-0.4, -0.2) is 49.4 Å². The monoisotopic (exact) mass is 382 g/mol. The van der Waals surface area contributed by atoms with Gasteiger partial charge in [-0.05, 0) is 36.0 Å². The Kier molecular flexibility index (Phi) is 4.85. The summed E-state index contributed by atoms with van der Waals surface area (Å²) in [4.78, 5) is 19.0. The van der Waals surface area contributed by atoms with Crippen LogP contribution in [0, 0.1) is 0 Å². The molecule has 0 atom stereocenters. The van der Waals surface area contributed by atoms with Gasteiger partial charge in [-0.25, -0.2) is 0 Å². The molecule has 0 spiro atoms. The number of amides is 1. The number of carbonyl (C=O) groups is 1. The molecule has 0 bridgehead atoms. The van der Waals surface area contributed by atoms with Gasteiger partial charge in [-0.15, -0.1) is 0 Å². The van der Waals surface area contributed by atoms with E-state index in [1.165, 1.54) is 11.8 Å². The van der Waals surface area contributed by atoms with Crippen molar-refractivity contribution in [2.75, 3.05) is 33.4 Å². The lowest BCUT2D eigenvalue weighted by atomic mass is 10.2. The second-order valence-corrected chi connectivity index (χ2v) is 6.72. The van der Waals surface area contributed by atoms with Crippen molar-refractivity contribution in [1.29, 1.82) is 0 Å². The number of ether oxygens (including phenoxy) is 2. The normalized spacial score (nSPS) is 20.5. The van der Waals surface area contributed by atoms with Crippen molar-refractivity contribution < 1.29 is 14.3 Å². The summed E-state index contributed by atoms with van der Waals surface area (Å²) >= 11 is 4.84. The van der Waals surface area contributed by atoms with E-state index < -0.39 is 0 Å². The molecule has 0 unspecified atom stereocenters. The van der Waals surface area contributed by atoms with Gasteiger partial charge in [0.25, 0.3) is 5.91 Å². The number of thioether (sulfide) groups is 1. The minimum atomic E-state index is -0.200. The number of aliphatic imine (C=N–C) groups is 1. The van der Waals surface area contributed by atoms with Crippen LogP contribution in [0.1, 0.15) is 5.56 Å². The Bertz CT molecular complexity index is 654. The van der Waals surface area contributed by atoms with Crippen LogP contribution in [0.25, 0.3) is 6.08 Å². The molecule has 1 amide bonds. The van der Waals surface area contributed by atoms with Gasteiger partial charge in [0.15, 0.2) is 5.17 Å². The average Bonchev–Trinajstić information content (AvgIpc) is 2.90. The van der Waals surface area contributed by atoms with Gasteiger partial charge >= 0.3 is 0 Å². The van der Waals surface area contributed by atoms with E-state index >= 15 is 0 Å². The van der Waals surface area contributed by atoms with Crippen LogP contribution in [0.3, 0.4) is 0 Å². The number of amidine groups is 1. The van der Waals surface area contributed by atoms with E-state index in [2.05, 4.69) is 25.8 Å². The van der Waals surface area contributed by atoms with E-state index in [9.17, 15) is 4.79 Å². The minimum absolute atomic E-state index is 0.200. The molecule has 1 saturated heterocycles. The molecule has 0 radical (unpaired) electrons. The molecule has 1 aromatic carbocycles. The fourth-order valence-electron chi connectivity index (χ4n) is 2.25. The SMILES string of the molecule is COc1ccc(Br)cc1/C=C1/SC(N2CCOCC2)=NC1=O. The highest BCUT2D eigenvalue weighted by molar-refractivity contribution is 9.10. The first-order valence-electron chi connectivity index (χ1n) is 6.86. The topological polar surface area (TPSA) is 51.1 Å². The summed E-state index contributed by atoms with van der Waals surface area (Å²) < 4.78 is 11.6. The lowest BCUT2D eigenvalue weighted by Crippen LogP contribution is -2.38. The third-order valence-electron chi connectivity index (χ3n) is 3.37. The summed E-state index contributed by atoms with van der Waals surface area (Å²) in [5, 5.41) is 0.758. The van der Waals surface area contributed by atoms with Crippen LogP contribution in [0.4, 0.5) is 0 Å². The standard InChI is InChI=1S/C15H15BrN2O3S/c1-20-12-3-2-11(16)8-10(12)9-13-14(19)17-15(22-13)18-4-6-21-7-5-18/h2-3,8-9H,4-7H2,1H3/b13-9+. The van der Waals surface area contributed by atoms with Crippen LogP contribution < -0.4 is 4.74 Å². The number of nitrogens with zero attached hydrogens (tertiary/aromatic N) is 2. The zero-order valence-corrected chi connectivity index (χ0v) is 14.4. The predicted molar refractivity (Wildman–Crippen MR) is 91.1 cm³/mol. The third kappa shape index (κ3) is 3.37. The minimum Gasteiger partial charge on any atom is -0.496 e. The Morgan fingerprint density at radius 2 is 2.18 bits per heavy atom. The number of hydrogen-bond acceptors (Lipinski definition) is 5. The van der Waals surface area contributed by atoms with Crippen LogP contribution >= 0.6 is 27.7 Å². The van der Waals surface area contributed by atoms with Gasteiger partial charge in [0.1, 0.15) is 5.75 Å². The van der Waals surface area contributed by atoms with Crippen molar-refractivity contribution in [3.8, 4) is 5.75 Å². The molecule has 0 aromatic heterocycles. The van der Waals surface area contributed by atoms with E-state index in [0.717, 1.165) is 34.0 Å². The van der Waals surface area contributed by atoms with Crippen molar-refractivity contribution in [2.45, 2.75) is 0 Å². The molecule has 2 aliphatic heterocycles.